The molecule has 2 aromatic rings. The Kier molecular flexibility index (Phi) is 6.79. The number of nitrogens with one attached hydrogen (secondary N) is 1. The molecule has 0 saturated carbocycles. The molecule has 1 N–H and O–H groups in total. The van der Waals surface area contributed by atoms with Crippen LogP contribution in [0.1, 0.15) is 18.2 Å². The lowest BCUT2D eigenvalue weighted by molar-refractivity contribution is 0.370. The van der Waals surface area contributed by atoms with Crippen molar-refractivity contribution in [2.24, 2.45) is 4.99 Å². The minimum atomic E-state index is -0.417. The number of halogens is 2. The monoisotopic (exact) mass is 387 g/mol. The fourth-order valence-corrected chi connectivity index (χ4v) is 3.25. The molecule has 1 aliphatic heterocycles. The van der Waals surface area contributed by atoms with Gasteiger partial charge in [0.2, 0.25) is 0 Å². The molecule has 0 radical (unpaired) electrons. The minimum absolute atomic E-state index is 0.327. The van der Waals surface area contributed by atoms with Crippen LogP contribution in [0.2, 0.25) is 0 Å². The summed E-state index contributed by atoms with van der Waals surface area (Å²) in [5.41, 5.74) is 2.50. The molecule has 1 fully saturated rings. The lowest BCUT2D eigenvalue weighted by atomic mass is 10.2. The minimum Gasteiger partial charge on any atom is -0.366 e. The molecule has 1 aliphatic rings. The summed E-state index contributed by atoms with van der Waals surface area (Å²) in [5.74, 6) is 0.0587. The molecule has 5 nitrogen and oxygen atoms in total. The predicted molar refractivity (Wildman–Crippen MR) is 109 cm³/mol. The molecule has 7 heteroatoms. The molecule has 0 amide bonds. The second kappa shape index (κ2) is 9.48. The highest BCUT2D eigenvalue weighted by atomic mass is 19.1. The topological polar surface area (TPSA) is 43.8 Å². The average Bonchev–Trinajstić information content (AvgIpc) is 2.71. The smallest absolute Gasteiger partial charge is 0.194 e. The highest BCUT2D eigenvalue weighted by Crippen LogP contribution is 2.21. The highest BCUT2D eigenvalue weighted by Gasteiger charge is 2.22. The van der Waals surface area contributed by atoms with Crippen molar-refractivity contribution in [3.05, 3.63) is 59.4 Å². The van der Waals surface area contributed by atoms with E-state index in [1.807, 2.05) is 31.0 Å². The summed E-state index contributed by atoms with van der Waals surface area (Å²) in [5, 5.41) is 3.33. The van der Waals surface area contributed by atoms with Gasteiger partial charge in [-0.05, 0) is 44.0 Å². The first-order valence-electron chi connectivity index (χ1n) is 9.71. The van der Waals surface area contributed by atoms with Crippen LogP contribution in [-0.4, -0.2) is 55.1 Å². The lowest BCUT2D eigenvalue weighted by Gasteiger charge is -2.37. The predicted octanol–water partition coefficient (Wildman–Crippen LogP) is 3.00. The first kappa shape index (κ1) is 20.0. The van der Waals surface area contributed by atoms with Crippen LogP contribution in [0.3, 0.4) is 0 Å². The molecule has 28 heavy (non-hydrogen) atoms. The number of rotatable bonds is 5. The maximum atomic E-state index is 14.0. The van der Waals surface area contributed by atoms with E-state index in [-0.39, 0.29) is 5.82 Å². The molecule has 1 saturated heterocycles. The van der Waals surface area contributed by atoms with Gasteiger partial charge in [-0.3, -0.25) is 9.98 Å². The zero-order valence-corrected chi connectivity index (χ0v) is 16.5. The van der Waals surface area contributed by atoms with Crippen molar-refractivity contribution < 1.29 is 8.78 Å². The van der Waals surface area contributed by atoms with Crippen molar-refractivity contribution in [2.45, 2.75) is 20.3 Å². The Morgan fingerprint density at radius 3 is 2.61 bits per heavy atom. The molecule has 0 atom stereocenters. The summed E-state index contributed by atoms with van der Waals surface area (Å²) in [4.78, 5) is 13.1. The largest absolute Gasteiger partial charge is 0.366 e. The Balaban J connectivity index is 1.59. The maximum Gasteiger partial charge on any atom is 0.194 e. The molecule has 0 aliphatic carbocycles. The third-order valence-electron chi connectivity index (χ3n) is 4.80. The number of aliphatic imine (C=N–C) groups is 1. The van der Waals surface area contributed by atoms with Gasteiger partial charge >= 0.3 is 0 Å². The van der Waals surface area contributed by atoms with Crippen LogP contribution in [0, 0.1) is 18.6 Å². The van der Waals surface area contributed by atoms with E-state index < -0.39 is 5.82 Å². The van der Waals surface area contributed by atoms with Crippen molar-refractivity contribution in [1.82, 2.24) is 15.2 Å². The lowest BCUT2D eigenvalue weighted by Crippen LogP contribution is -2.52. The zero-order chi connectivity index (χ0) is 19.9. The number of aromatic nitrogens is 1. The van der Waals surface area contributed by atoms with Gasteiger partial charge in [-0.25, -0.2) is 8.78 Å². The number of anilines is 1. The molecule has 1 aromatic heterocycles. The van der Waals surface area contributed by atoms with Crippen molar-refractivity contribution >= 4 is 11.6 Å². The molecule has 150 valence electrons. The zero-order valence-electron chi connectivity index (χ0n) is 16.5. The number of guanidine groups is 1. The van der Waals surface area contributed by atoms with Gasteiger partial charge in [-0.1, -0.05) is 6.07 Å². The summed E-state index contributed by atoms with van der Waals surface area (Å²) < 4.78 is 27.5. The molecule has 2 heterocycles. The van der Waals surface area contributed by atoms with Gasteiger partial charge in [0.1, 0.15) is 11.6 Å². The third kappa shape index (κ3) is 5.18. The van der Waals surface area contributed by atoms with E-state index in [0.29, 0.717) is 38.4 Å². The molecule has 0 unspecified atom stereocenters. The Morgan fingerprint density at radius 1 is 1.14 bits per heavy atom. The van der Waals surface area contributed by atoms with Crippen LogP contribution in [-0.2, 0) is 6.42 Å². The van der Waals surface area contributed by atoms with Gasteiger partial charge in [-0.15, -0.1) is 0 Å². The van der Waals surface area contributed by atoms with Gasteiger partial charge in [0.25, 0.3) is 0 Å². The summed E-state index contributed by atoms with van der Waals surface area (Å²) in [6, 6.07) is 7.68. The highest BCUT2D eigenvalue weighted by molar-refractivity contribution is 5.80. The number of aryl methyl sites for hydroxylation is 1. The van der Waals surface area contributed by atoms with E-state index in [4.69, 9.17) is 4.99 Å². The van der Waals surface area contributed by atoms with Gasteiger partial charge < -0.3 is 15.1 Å². The van der Waals surface area contributed by atoms with Crippen molar-refractivity contribution in [2.75, 3.05) is 44.2 Å². The first-order chi connectivity index (χ1) is 13.6. The molecule has 3 rings (SSSR count). The molecular weight excluding hydrogens is 360 g/mol. The SMILES string of the molecule is CCNC(=NCCc1ccc(C)nc1)N1CCN(c2cc(F)ccc2F)CC1. The standard InChI is InChI=1S/C21H27F2N5/c1-3-24-21(25-9-8-17-5-4-16(2)26-15-17)28-12-10-27(11-13-28)20-14-18(22)6-7-19(20)23/h4-7,14-15H,3,8-13H2,1-2H3,(H,24,25). The Morgan fingerprint density at radius 2 is 1.93 bits per heavy atom. The van der Waals surface area contributed by atoms with E-state index in [0.717, 1.165) is 36.2 Å². The van der Waals surface area contributed by atoms with E-state index in [9.17, 15) is 8.78 Å². The maximum absolute atomic E-state index is 14.0. The summed E-state index contributed by atoms with van der Waals surface area (Å²) in [7, 11) is 0. The van der Waals surface area contributed by atoms with Crippen molar-refractivity contribution in [3.8, 4) is 0 Å². The van der Waals surface area contributed by atoms with Gasteiger partial charge in [0.15, 0.2) is 5.96 Å². The third-order valence-corrected chi connectivity index (χ3v) is 4.80. The molecule has 1 aromatic carbocycles. The van der Waals surface area contributed by atoms with Crippen molar-refractivity contribution in [1.29, 1.82) is 0 Å². The molecular formula is C21H27F2N5. The summed E-state index contributed by atoms with van der Waals surface area (Å²) in [6.45, 7) is 8.11. The van der Waals surface area contributed by atoms with Gasteiger partial charge in [0.05, 0.1) is 5.69 Å². The Hall–Kier alpha value is -2.70. The molecule has 0 spiro atoms. The average molecular weight is 387 g/mol. The van der Waals surface area contributed by atoms with E-state index in [2.05, 4.69) is 21.3 Å². The van der Waals surface area contributed by atoms with E-state index in [1.165, 1.54) is 12.1 Å². The Labute approximate surface area is 165 Å². The summed E-state index contributed by atoms with van der Waals surface area (Å²) in [6.07, 6.45) is 2.72. The van der Waals surface area contributed by atoms with Gasteiger partial charge in [0, 0.05) is 57.2 Å². The van der Waals surface area contributed by atoms with Crippen LogP contribution < -0.4 is 10.2 Å². The number of piperazine rings is 1. The fraction of sp³-hybridized carbons (Fsp3) is 0.429. The molecule has 0 bridgehead atoms. The Bertz CT molecular complexity index is 799. The van der Waals surface area contributed by atoms with Crippen LogP contribution in [0.25, 0.3) is 0 Å². The normalized spacial score (nSPS) is 15.1. The first-order valence-corrected chi connectivity index (χ1v) is 9.71. The van der Waals surface area contributed by atoms with E-state index >= 15 is 0 Å². The van der Waals surface area contributed by atoms with Crippen LogP contribution >= 0.6 is 0 Å². The number of hydrogen-bond donors (Lipinski definition) is 1. The quantitative estimate of drug-likeness (QED) is 0.633. The second-order valence-corrected chi connectivity index (χ2v) is 6.86. The van der Waals surface area contributed by atoms with Crippen LogP contribution in [0.15, 0.2) is 41.5 Å². The number of nitrogens with zero attached hydrogens (tertiary/aromatic N) is 4. The number of pyridine rings is 1. The second-order valence-electron chi connectivity index (χ2n) is 6.86. The van der Waals surface area contributed by atoms with Crippen LogP contribution in [0.5, 0.6) is 0 Å². The van der Waals surface area contributed by atoms with Gasteiger partial charge in [-0.2, -0.15) is 0 Å². The fourth-order valence-electron chi connectivity index (χ4n) is 3.25. The summed E-state index contributed by atoms with van der Waals surface area (Å²) >= 11 is 0. The number of hydrogen-bond acceptors (Lipinski definition) is 3. The van der Waals surface area contributed by atoms with E-state index in [1.54, 1.807) is 0 Å². The number of benzene rings is 1. The van der Waals surface area contributed by atoms with Crippen molar-refractivity contribution in [3.63, 3.8) is 0 Å². The van der Waals surface area contributed by atoms with Crippen LogP contribution in [0.4, 0.5) is 14.5 Å².